The predicted molar refractivity (Wildman–Crippen MR) is 112 cm³/mol. The van der Waals surface area contributed by atoms with Crippen LogP contribution in [0.4, 0.5) is 5.69 Å². The second-order valence-electron chi connectivity index (χ2n) is 6.14. The Bertz CT molecular complexity index is 932. The van der Waals surface area contributed by atoms with Gasteiger partial charge in [-0.25, -0.2) is 8.42 Å². The second-order valence-corrected chi connectivity index (χ2v) is 8.97. The molecule has 0 aliphatic rings. The Morgan fingerprint density at radius 2 is 1.79 bits per heavy atom. The maximum atomic E-state index is 12.6. The smallest absolute Gasteiger partial charge is 0.241 e. The maximum Gasteiger partial charge on any atom is 0.241 e. The minimum atomic E-state index is -3.64. The molecule has 2 rings (SSSR count). The molecule has 0 radical (unpaired) electrons. The SMILES string of the molecule is COc1ccc(OC)c([C@@H](C)NC(=O)CN(c2ccc(Br)cc2)S(C)(=O)=O)c1. The molecule has 0 bridgehead atoms. The minimum Gasteiger partial charge on any atom is -0.497 e. The normalized spacial score (nSPS) is 12.2. The van der Waals surface area contributed by atoms with Crippen molar-refractivity contribution in [1.82, 2.24) is 5.32 Å². The van der Waals surface area contributed by atoms with Gasteiger partial charge in [0, 0.05) is 10.0 Å². The summed E-state index contributed by atoms with van der Waals surface area (Å²) < 4.78 is 36.8. The lowest BCUT2D eigenvalue weighted by atomic mass is 10.1. The molecular weight excluding hydrogens is 448 g/mol. The van der Waals surface area contributed by atoms with Crippen LogP contribution in [0.3, 0.4) is 0 Å². The van der Waals surface area contributed by atoms with E-state index in [-0.39, 0.29) is 6.54 Å². The van der Waals surface area contributed by atoms with Gasteiger partial charge in [-0.3, -0.25) is 9.10 Å². The summed E-state index contributed by atoms with van der Waals surface area (Å²) in [7, 11) is -0.544. The number of sulfonamides is 1. The summed E-state index contributed by atoms with van der Waals surface area (Å²) in [6.07, 6.45) is 1.07. The van der Waals surface area contributed by atoms with Crippen molar-refractivity contribution in [1.29, 1.82) is 0 Å². The highest BCUT2D eigenvalue weighted by molar-refractivity contribution is 9.10. The molecule has 0 saturated heterocycles. The van der Waals surface area contributed by atoms with Gasteiger partial charge in [0.05, 0.1) is 32.2 Å². The van der Waals surface area contributed by atoms with Crippen LogP contribution in [-0.4, -0.2) is 41.3 Å². The molecule has 2 aromatic carbocycles. The van der Waals surface area contributed by atoms with Crippen molar-refractivity contribution in [3.63, 3.8) is 0 Å². The summed E-state index contributed by atoms with van der Waals surface area (Å²) in [6.45, 7) is 1.46. The highest BCUT2D eigenvalue weighted by Crippen LogP contribution is 2.29. The number of amides is 1. The lowest BCUT2D eigenvalue weighted by molar-refractivity contribution is -0.120. The fourth-order valence-corrected chi connectivity index (χ4v) is 3.80. The molecule has 152 valence electrons. The van der Waals surface area contributed by atoms with Gasteiger partial charge in [0.15, 0.2) is 0 Å². The molecule has 2 aromatic rings. The lowest BCUT2D eigenvalue weighted by Crippen LogP contribution is -2.41. The van der Waals surface area contributed by atoms with Crippen LogP contribution in [0, 0.1) is 0 Å². The van der Waals surface area contributed by atoms with E-state index in [9.17, 15) is 13.2 Å². The van der Waals surface area contributed by atoms with Crippen molar-refractivity contribution in [3.8, 4) is 11.5 Å². The zero-order valence-electron chi connectivity index (χ0n) is 16.1. The van der Waals surface area contributed by atoms with Gasteiger partial charge in [-0.2, -0.15) is 0 Å². The van der Waals surface area contributed by atoms with Crippen molar-refractivity contribution in [3.05, 3.63) is 52.5 Å². The Hall–Kier alpha value is -2.26. The fraction of sp³-hybridized carbons (Fsp3) is 0.316. The molecule has 28 heavy (non-hydrogen) atoms. The Labute approximate surface area is 173 Å². The Morgan fingerprint density at radius 3 is 2.32 bits per heavy atom. The van der Waals surface area contributed by atoms with Crippen LogP contribution >= 0.6 is 15.9 Å². The first-order valence-corrected chi connectivity index (χ1v) is 11.0. The molecule has 0 spiro atoms. The summed E-state index contributed by atoms with van der Waals surface area (Å²) in [5.74, 6) is 0.789. The van der Waals surface area contributed by atoms with E-state index in [1.165, 1.54) is 0 Å². The molecular formula is C19H23BrN2O5S. The van der Waals surface area contributed by atoms with Gasteiger partial charge in [0.25, 0.3) is 0 Å². The Kier molecular flexibility index (Phi) is 7.31. The zero-order valence-corrected chi connectivity index (χ0v) is 18.5. The third-order valence-electron chi connectivity index (χ3n) is 4.08. The zero-order chi connectivity index (χ0) is 20.9. The number of ether oxygens (including phenoxy) is 2. The van der Waals surface area contributed by atoms with Crippen molar-refractivity contribution in [2.75, 3.05) is 31.3 Å². The number of nitrogens with zero attached hydrogens (tertiary/aromatic N) is 1. The van der Waals surface area contributed by atoms with Crippen molar-refractivity contribution in [2.45, 2.75) is 13.0 Å². The predicted octanol–water partition coefficient (Wildman–Crippen LogP) is 3.11. The third-order valence-corrected chi connectivity index (χ3v) is 5.75. The monoisotopic (exact) mass is 470 g/mol. The number of rotatable bonds is 8. The van der Waals surface area contributed by atoms with Crippen LogP contribution in [0.25, 0.3) is 0 Å². The van der Waals surface area contributed by atoms with E-state index >= 15 is 0 Å². The van der Waals surface area contributed by atoms with E-state index in [2.05, 4.69) is 21.2 Å². The minimum absolute atomic E-state index is 0.336. The number of halogens is 1. The molecule has 0 aromatic heterocycles. The van der Waals surface area contributed by atoms with E-state index in [1.807, 2.05) is 0 Å². The summed E-state index contributed by atoms with van der Waals surface area (Å²) >= 11 is 3.31. The van der Waals surface area contributed by atoms with Crippen LogP contribution in [0.1, 0.15) is 18.5 Å². The molecule has 0 aliphatic heterocycles. The molecule has 0 unspecified atom stereocenters. The first kappa shape index (κ1) is 22.0. The van der Waals surface area contributed by atoms with Gasteiger partial charge in [-0.05, 0) is 49.4 Å². The van der Waals surface area contributed by atoms with Crippen LogP contribution in [0.2, 0.25) is 0 Å². The molecule has 1 N–H and O–H groups in total. The first-order valence-electron chi connectivity index (χ1n) is 8.40. The van der Waals surface area contributed by atoms with E-state index in [4.69, 9.17) is 9.47 Å². The average molecular weight is 471 g/mol. The van der Waals surface area contributed by atoms with Crippen LogP contribution in [0.5, 0.6) is 11.5 Å². The summed E-state index contributed by atoms with van der Waals surface area (Å²) in [5.41, 5.74) is 1.14. The van der Waals surface area contributed by atoms with Crippen molar-refractivity contribution < 1.29 is 22.7 Å². The molecule has 7 nitrogen and oxygen atoms in total. The highest BCUT2D eigenvalue weighted by atomic mass is 79.9. The standard InChI is InChI=1S/C19H23BrN2O5S/c1-13(17-11-16(26-2)9-10-18(17)27-3)21-19(23)12-22(28(4,24)25)15-7-5-14(20)6-8-15/h5-11,13H,12H2,1-4H3,(H,21,23)/t13-/m1/s1. The number of benzene rings is 2. The summed E-state index contributed by atoms with van der Waals surface area (Å²) in [4.78, 5) is 12.6. The van der Waals surface area contributed by atoms with Gasteiger partial charge in [0.2, 0.25) is 15.9 Å². The van der Waals surface area contributed by atoms with E-state index in [0.29, 0.717) is 17.2 Å². The quantitative estimate of drug-likeness (QED) is 0.640. The number of carbonyl (C=O) groups is 1. The number of anilines is 1. The third kappa shape index (κ3) is 5.62. The van der Waals surface area contributed by atoms with Gasteiger partial charge >= 0.3 is 0 Å². The number of methoxy groups -OCH3 is 2. The maximum absolute atomic E-state index is 12.6. The van der Waals surface area contributed by atoms with Crippen LogP contribution in [0.15, 0.2) is 46.9 Å². The number of nitrogens with one attached hydrogen (secondary N) is 1. The summed E-state index contributed by atoms with van der Waals surface area (Å²) in [6, 6.07) is 11.6. The number of hydrogen-bond donors (Lipinski definition) is 1. The van der Waals surface area contributed by atoms with Gasteiger partial charge in [-0.15, -0.1) is 0 Å². The number of carbonyl (C=O) groups excluding carboxylic acids is 1. The van der Waals surface area contributed by atoms with Crippen LogP contribution < -0.4 is 19.1 Å². The lowest BCUT2D eigenvalue weighted by Gasteiger charge is -2.24. The Morgan fingerprint density at radius 1 is 1.14 bits per heavy atom. The second kappa shape index (κ2) is 9.29. The summed E-state index contributed by atoms with van der Waals surface area (Å²) in [5, 5.41) is 2.82. The molecule has 1 amide bonds. The Balaban J connectivity index is 2.20. The van der Waals surface area contributed by atoms with E-state index in [0.717, 1.165) is 20.6 Å². The van der Waals surface area contributed by atoms with Gasteiger partial charge in [-0.1, -0.05) is 15.9 Å². The van der Waals surface area contributed by atoms with E-state index < -0.39 is 22.0 Å². The molecule has 0 heterocycles. The molecule has 9 heteroatoms. The average Bonchev–Trinajstić information content (AvgIpc) is 2.65. The van der Waals surface area contributed by atoms with Crippen LogP contribution in [-0.2, 0) is 14.8 Å². The van der Waals surface area contributed by atoms with Gasteiger partial charge < -0.3 is 14.8 Å². The largest absolute Gasteiger partial charge is 0.497 e. The van der Waals surface area contributed by atoms with Crippen molar-refractivity contribution >= 4 is 37.5 Å². The van der Waals surface area contributed by atoms with E-state index in [1.54, 1.807) is 63.6 Å². The fourth-order valence-electron chi connectivity index (χ4n) is 2.68. The topological polar surface area (TPSA) is 84.9 Å². The molecule has 1 atom stereocenters. The van der Waals surface area contributed by atoms with Crippen molar-refractivity contribution in [2.24, 2.45) is 0 Å². The number of hydrogen-bond acceptors (Lipinski definition) is 5. The highest BCUT2D eigenvalue weighted by Gasteiger charge is 2.23. The molecule has 0 saturated carbocycles. The van der Waals surface area contributed by atoms with Gasteiger partial charge in [0.1, 0.15) is 18.0 Å². The first-order chi connectivity index (χ1) is 13.2. The molecule has 0 fully saturated rings. The molecule has 0 aliphatic carbocycles.